The van der Waals surface area contributed by atoms with Gasteiger partial charge in [-0.2, -0.15) is 0 Å². The number of amides is 3. The minimum Gasteiger partial charge on any atom is -0.436 e. The Hall–Kier alpha value is -3.39. The SMILES string of the molecule is CC(C)(c1cccc(Cl)c1)C(c1ccccc1)C(C1CCCCC1)[C@H](OC(N)=O)C(=O)N[C@H](C=O)C[C@@H]1CCNC1=O. The number of carbonyl (C=O) groups excluding carboxylic acids is 4. The number of hydrogen-bond donors (Lipinski definition) is 3. The molecule has 2 aromatic carbocycles. The summed E-state index contributed by atoms with van der Waals surface area (Å²) >= 11 is 6.45. The van der Waals surface area contributed by atoms with Gasteiger partial charge in [0.05, 0.1) is 6.04 Å². The predicted molar refractivity (Wildman–Crippen MR) is 162 cm³/mol. The van der Waals surface area contributed by atoms with Gasteiger partial charge in [-0.15, -0.1) is 0 Å². The molecule has 2 aromatic rings. The lowest BCUT2D eigenvalue weighted by molar-refractivity contribution is -0.137. The molecule has 9 heteroatoms. The van der Waals surface area contributed by atoms with E-state index in [0.717, 1.165) is 43.2 Å². The summed E-state index contributed by atoms with van der Waals surface area (Å²) in [5, 5.41) is 6.18. The number of ether oxygens (including phenoxy) is 1. The first-order chi connectivity index (χ1) is 20.1. The Balaban J connectivity index is 1.79. The fourth-order valence-electron chi connectivity index (χ4n) is 7.08. The maximum Gasteiger partial charge on any atom is 0.405 e. The van der Waals surface area contributed by atoms with Crippen molar-refractivity contribution < 1.29 is 23.9 Å². The van der Waals surface area contributed by atoms with Crippen LogP contribution in [0.2, 0.25) is 5.02 Å². The van der Waals surface area contributed by atoms with E-state index < -0.39 is 35.5 Å². The number of carbonyl (C=O) groups is 4. The predicted octanol–water partition coefficient (Wildman–Crippen LogP) is 5.27. The number of aldehydes is 1. The summed E-state index contributed by atoms with van der Waals surface area (Å²) in [5.41, 5.74) is 7.04. The van der Waals surface area contributed by atoms with Crippen LogP contribution in [0.3, 0.4) is 0 Å². The normalized spacial score (nSPS) is 20.5. The Morgan fingerprint density at radius 2 is 1.81 bits per heavy atom. The van der Waals surface area contributed by atoms with Crippen molar-refractivity contribution in [2.24, 2.45) is 23.5 Å². The molecule has 1 saturated carbocycles. The van der Waals surface area contributed by atoms with E-state index in [-0.39, 0.29) is 30.1 Å². The molecule has 0 spiro atoms. The van der Waals surface area contributed by atoms with E-state index in [1.54, 1.807) is 0 Å². The molecular formula is C33H42ClN3O5. The number of rotatable bonds is 12. The van der Waals surface area contributed by atoms with Crippen LogP contribution in [0, 0.1) is 17.8 Å². The first-order valence-corrected chi connectivity index (χ1v) is 15.3. The van der Waals surface area contributed by atoms with Gasteiger partial charge in [-0.1, -0.05) is 100 Å². The summed E-state index contributed by atoms with van der Waals surface area (Å²) in [6, 6.07) is 16.8. The Bertz CT molecular complexity index is 1250. The van der Waals surface area contributed by atoms with Crippen molar-refractivity contribution in [3.63, 3.8) is 0 Å². The van der Waals surface area contributed by atoms with Crippen molar-refractivity contribution in [1.29, 1.82) is 0 Å². The topological polar surface area (TPSA) is 128 Å². The summed E-state index contributed by atoms with van der Waals surface area (Å²) in [5.74, 6) is -1.78. The fraction of sp³-hybridized carbons (Fsp3) is 0.515. The third-order valence-corrected chi connectivity index (χ3v) is 9.36. The second kappa shape index (κ2) is 14.2. The van der Waals surface area contributed by atoms with Crippen LogP contribution in [0.4, 0.5) is 4.79 Å². The van der Waals surface area contributed by atoms with Crippen molar-refractivity contribution in [3.8, 4) is 0 Å². The Kier molecular flexibility index (Phi) is 10.7. The van der Waals surface area contributed by atoms with E-state index in [9.17, 15) is 19.2 Å². The van der Waals surface area contributed by atoms with Gasteiger partial charge in [-0.25, -0.2) is 4.79 Å². The monoisotopic (exact) mass is 595 g/mol. The van der Waals surface area contributed by atoms with Gasteiger partial charge in [0.2, 0.25) is 5.91 Å². The van der Waals surface area contributed by atoms with E-state index >= 15 is 0 Å². The van der Waals surface area contributed by atoms with Crippen LogP contribution in [0.5, 0.6) is 0 Å². The number of benzene rings is 2. The molecular weight excluding hydrogens is 554 g/mol. The average molecular weight is 596 g/mol. The van der Waals surface area contributed by atoms with Crippen LogP contribution in [0.1, 0.15) is 75.8 Å². The molecule has 0 aromatic heterocycles. The highest BCUT2D eigenvalue weighted by molar-refractivity contribution is 6.30. The summed E-state index contributed by atoms with van der Waals surface area (Å²) in [4.78, 5) is 50.8. The summed E-state index contributed by atoms with van der Waals surface area (Å²) < 4.78 is 5.73. The smallest absolute Gasteiger partial charge is 0.405 e. The fourth-order valence-corrected chi connectivity index (χ4v) is 7.27. The summed E-state index contributed by atoms with van der Waals surface area (Å²) in [7, 11) is 0. The number of halogens is 1. The third kappa shape index (κ3) is 7.51. The highest BCUT2D eigenvalue weighted by atomic mass is 35.5. The molecule has 2 fully saturated rings. The zero-order chi connectivity index (χ0) is 30.3. The Morgan fingerprint density at radius 3 is 2.40 bits per heavy atom. The molecule has 2 unspecified atom stereocenters. The molecule has 3 amide bonds. The molecule has 0 bridgehead atoms. The van der Waals surface area contributed by atoms with Crippen LogP contribution in [0.15, 0.2) is 54.6 Å². The highest BCUT2D eigenvalue weighted by Gasteiger charge is 2.49. The Labute approximate surface area is 253 Å². The summed E-state index contributed by atoms with van der Waals surface area (Å²) in [6.07, 6.45) is 3.93. The number of nitrogens with two attached hydrogens (primary N) is 1. The molecule has 2 aliphatic rings. The molecule has 1 aliphatic carbocycles. The van der Waals surface area contributed by atoms with Crippen LogP contribution in [-0.4, -0.2) is 42.9 Å². The Morgan fingerprint density at radius 1 is 1.10 bits per heavy atom. The minimum atomic E-state index is -1.26. The maximum absolute atomic E-state index is 14.1. The largest absolute Gasteiger partial charge is 0.436 e. The van der Waals surface area contributed by atoms with Crippen LogP contribution >= 0.6 is 11.6 Å². The second-order valence-electron chi connectivity index (χ2n) is 12.2. The van der Waals surface area contributed by atoms with Gasteiger partial charge in [0, 0.05) is 29.3 Å². The first-order valence-electron chi connectivity index (χ1n) is 14.9. The molecule has 1 saturated heterocycles. The van der Waals surface area contributed by atoms with E-state index in [0.29, 0.717) is 24.3 Å². The molecule has 1 aliphatic heterocycles. The van der Waals surface area contributed by atoms with Gasteiger partial charge in [0.15, 0.2) is 6.10 Å². The minimum absolute atomic E-state index is 0.0489. The van der Waals surface area contributed by atoms with Crippen LogP contribution in [0.25, 0.3) is 0 Å². The number of nitrogens with one attached hydrogen (secondary N) is 2. The van der Waals surface area contributed by atoms with Gasteiger partial charge in [-0.3, -0.25) is 9.59 Å². The molecule has 8 nitrogen and oxygen atoms in total. The van der Waals surface area contributed by atoms with Crippen molar-refractivity contribution in [2.45, 2.75) is 82.3 Å². The highest BCUT2D eigenvalue weighted by Crippen LogP contribution is 2.50. The van der Waals surface area contributed by atoms with Gasteiger partial charge in [0.1, 0.15) is 6.29 Å². The molecule has 1 heterocycles. The van der Waals surface area contributed by atoms with Gasteiger partial charge in [-0.05, 0) is 47.4 Å². The van der Waals surface area contributed by atoms with Gasteiger partial charge in [0.25, 0.3) is 5.91 Å². The van der Waals surface area contributed by atoms with Crippen molar-refractivity contribution >= 4 is 35.8 Å². The lowest BCUT2D eigenvalue weighted by Gasteiger charge is -2.46. The average Bonchev–Trinajstić information content (AvgIpc) is 3.38. The van der Waals surface area contributed by atoms with E-state index in [2.05, 4.69) is 24.5 Å². The first kappa shape index (κ1) is 31.5. The second-order valence-corrected chi connectivity index (χ2v) is 12.7. The molecule has 42 heavy (non-hydrogen) atoms. The number of hydrogen-bond acceptors (Lipinski definition) is 5. The molecule has 4 rings (SSSR count). The van der Waals surface area contributed by atoms with Crippen molar-refractivity contribution in [3.05, 3.63) is 70.7 Å². The zero-order valence-corrected chi connectivity index (χ0v) is 25.1. The van der Waals surface area contributed by atoms with Crippen molar-refractivity contribution in [2.75, 3.05) is 6.54 Å². The van der Waals surface area contributed by atoms with Crippen LogP contribution < -0.4 is 16.4 Å². The summed E-state index contributed by atoms with van der Waals surface area (Å²) in [6.45, 7) is 4.79. The number of primary amides is 1. The molecule has 5 atom stereocenters. The van der Waals surface area contributed by atoms with E-state index in [4.69, 9.17) is 22.1 Å². The molecule has 226 valence electrons. The quantitative estimate of drug-likeness (QED) is 0.288. The van der Waals surface area contributed by atoms with Crippen molar-refractivity contribution in [1.82, 2.24) is 10.6 Å². The lowest BCUT2D eigenvalue weighted by atomic mass is 9.59. The van der Waals surface area contributed by atoms with E-state index in [1.165, 1.54) is 0 Å². The standard InChI is InChI=1S/C33H42ClN3O5/c1-33(2,24-14-9-15-25(34)19-24)28(22-12-7-4-8-13-22)27(21-10-5-3-6-11-21)29(42-32(35)41)31(40)37-26(20-38)18-23-16-17-36-30(23)39/h4,7-9,12-15,19-21,23,26-29H,3,5-6,10-11,16-18H2,1-2H3,(H2,35,41)(H,36,39)(H,37,40)/t23-,26-,27?,28?,29-/m0/s1. The van der Waals surface area contributed by atoms with Crippen LogP contribution in [-0.2, 0) is 24.5 Å². The van der Waals surface area contributed by atoms with Gasteiger partial charge < -0.3 is 25.9 Å². The maximum atomic E-state index is 14.1. The van der Waals surface area contributed by atoms with Gasteiger partial charge >= 0.3 is 6.09 Å². The molecule has 4 N–H and O–H groups in total. The van der Waals surface area contributed by atoms with E-state index in [1.807, 2.05) is 54.6 Å². The lowest BCUT2D eigenvalue weighted by Crippen LogP contribution is -2.53. The third-order valence-electron chi connectivity index (χ3n) is 9.13. The molecule has 0 radical (unpaired) electrons. The zero-order valence-electron chi connectivity index (χ0n) is 24.4.